The molecular formula is C32H44N2O14. The fourth-order valence-electron chi connectivity index (χ4n) is 4.55. The first-order valence-electron chi connectivity index (χ1n) is 15.6. The summed E-state index contributed by atoms with van der Waals surface area (Å²) in [5.74, 6) is -2.51. The van der Waals surface area contributed by atoms with Crippen LogP contribution in [0, 0.1) is 5.41 Å². The Labute approximate surface area is 277 Å². The normalized spacial score (nSPS) is 22.5. The molecule has 0 unspecified atom stereocenters. The van der Waals surface area contributed by atoms with Crippen LogP contribution in [0.4, 0.5) is 0 Å². The van der Waals surface area contributed by atoms with Gasteiger partial charge >= 0.3 is 11.9 Å². The number of rotatable bonds is 18. The Bertz CT molecular complexity index is 1310. The maximum Gasteiger partial charge on any atom is 0.335 e. The maximum atomic E-state index is 12.3. The molecule has 0 aromatic heterocycles. The fourth-order valence-corrected chi connectivity index (χ4v) is 4.55. The molecule has 5 atom stereocenters. The molecule has 0 aliphatic carbocycles. The smallest absolute Gasteiger partial charge is 0.335 e. The Morgan fingerprint density at radius 1 is 0.938 bits per heavy atom. The van der Waals surface area contributed by atoms with Gasteiger partial charge in [-0.2, -0.15) is 0 Å². The molecule has 5 N–H and O–H groups in total. The fraction of sp³-hybridized carbons (Fsp3) is 0.594. The molecule has 3 rings (SSSR count). The van der Waals surface area contributed by atoms with E-state index in [1.807, 2.05) is 0 Å². The van der Waals surface area contributed by atoms with Gasteiger partial charge in [-0.25, -0.2) is 4.79 Å². The molecule has 0 radical (unpaired) electrons. The van der Waals surface area contributed by atoms with E-state index in [1.54, 1.807) is 20.8 Å². The number of aliphatic carboxylic acids is 1. The third-order valence-corrected chi connectivity index (χ3v) is 7.31. The Kier molecular flexibility index (Phi) is 14.3. The molecule has 1 aromatic carbocycles. The van der Waals surface area contributed by atoms with Crippen molar-refractivity contribution in [3.05, 3.63) is 35.9 Å². The first-order valence-corrected chi connectivity index (χ1v) is 15.6. The number of carboxylic acids is 1. The Morgan fingerprint density at radius 3 is 2.31 bits per heavy atom. The van der Waals surface area contributed by atoms with Gasteiger partial charge in [0.25, 0.3) is 11.8 Å². The van der Waals surface area contributed by atoms with Crippen LogP contribution in [0.5, 0.6) is 11.5 Å². The van der Waals surface area contributed by atoms with Gasteiger partial charge in [0.15, 0.2) is 6.10 Å². The van der Waals surface area contributed by atoms with E-state index in [-0.39, 0.29) is 62.2 Å². The predicted molar refractivity (Wildman–Crippen MR) is 164 cm³/mol. The molecule has 16 heteroatoms. The van der Waals surface area contributed by atoms with Crippen molar-refractivity contribution in [2.45, 2.75) is 83.8 Å². The zero-order valence-electron chi connectivity index (χ0n) is 27.2. The van der Waals surface area contributed by atoms with Gasteiger partial charge in [-0.15, -0.1) is 0 Å². The highest BCUT2D eigenvalue weighted by Gasteiger charge is 2.48. The molecule has 1 saturated heterocycles. The van der Waals surface area contributed by atoms with Crippen molar-refractivity contribution in [2.24, 2.45) is 5.41 Å². The number of hydrogen-bond acceptors (Lipinski definition) is 13. The van der Waals surface area contributed by atoms with Crippen molar-refractivity contribution < 1.29 is 68.1 Å². The second-order valence-electron chi connectivity index (χ2n) is 12.2. The van der Waals surface area contributed by atoms with Crippen molar-refractivity contribution in [1.29, 1.82) is 0 Å². The average molecular weight is 681 g/mol. The minimum Gasteiger partial charge on any atom is -0.491 e. The van der Waals surface area contributed by atoms with E-state index in [2.05, 4.69) is 5.32 Å². The number of nitrogens with one attached hydrogen (secondary N) is 1. The standard InChI is InChI=1S/C32H44N2O14/c1-32(2,3)31(43)46-18-19-8-9-20(47-30-27(40)25(38)26(39)28(48-30)29(41)42)17-21(19)45-16-15-44-14-12-33-22(35)7-5-4-6-13-34-23(36)10-11-24(34)37/h8-11,17,25-28,30,38-40H,4-7,12-16,18H2,1-3H3,(H,33,35)(H,41,42)/t25-,26-,27+,28-,30+/m0/s1. The second-order valence-corrected chi connectivity index (χ2v) is 12.2. The van der Waals surface area contributed by atoms with Crippen LogP contribution in [-0.2, 0) is 44.8 Å². The van der Waals surface area contributed by atoms with Crippen molar-refractivity contribution in [3.63, 3.8) is 0 Å². The van der Waals surface area contributed by atoms with Crippen LogP contribution in [0.15, 0.2) is 30.4 Å². The Balaban J connectivity index is 1.45. The lowest BCUT2D eigenvalue weighted by Crippen LogP contribution is -2.61. The first kappa shape index (κ1) is 38.4. The summed E-state index contributed by atoms with van der Waals surface area (Å²) in [6.45, 7) is 5.94. The summed E-state index contributed by atoms with van der Waals surface area (Å²) in [7, 11) is 0. The lowest BCUT2D eigenvalue weighted by molar-refractivity contribution is -0.271. The van der Waals surface area contributed by atoms with E-state index in [0.29, 0.717) is 37.8 Å². The molecule has 0 saturated carbocycles. The molecule has 1 fully saturated rings. The molecule has 266 valence electrons. The summed E-state index contributed by atoms with van der Waals surface area (Å²) in [5.41, 5.74) is -0.283. The number of esters is 1. The number of benzene rings is 1. The maximum absolute atomic E-state index is 12.3. The SMILES string of the molecule is CC(C)(C)C(=O)OCc1ccc(O[C@@H]2O[C@H](C(=O)O)[C@@H](O)[C@H](O)[C@H]2O)cc1OCCOCCNC(=O)CCCCCN1C(=O)C=CC1=O. The number of carboxylic acid groups (broad SMARTS) is 1. The molecule has 3 amide bonds. The molecule has 2 heterocycles. The first-order chi connectivity index (χ1) is 22.7. The third kappa shape index (κ3) is 11.3. The Hall–Kier alpha value is -4.09. The number of amides is 3. The van der Waals surface area contributed by atoms with Crippen molar-refractivity contribution in [1.82, 2.24) is 10.2 Å². The highest BCUT2D eigenvalue weighted by molar-refractivity contribution is 6.12. The number of imide groups is 1. The lowest BCUT2D eigenvalue weighted by Gasteiger charge is -2.38. The van der Waals surface area contributed by atoms with E-state index in [1.165, 1.54) is 35.3 Å². The molecule has 48 heavy (non-hydrogen) atoms. The largest absolute Gasteiger partial charge is 0.491 e. The van der Waals surface area contributed by atoms with Crippen LogP contribution in [0.25, 0.3) is 0 Å². The minimum atomic E-state index is -1.87. The highest BCUT2D eigenvalue weighted by atomic mass is 16.7. The monoisotopic (exact) mass is 680 g/mol. The zero-order chi connectivity index (χ0) is 35.4. The van der Waals surface area contributed by atoms with E-state index < -0.39 is 48.1 Å². The number of nitrogens with zero attached hydrogens (tertiary/aromatic N) is 1. The predicted octanol–water partition coefficient (Wildman–Crippen LogP) is 0.0439. The van der Waals surface area contributed by atoms with E-state index in [0.717, 1.165) is 0 Å². The summed E-state index contributed by atoms with van der Waals surface area (Å²) in [5, 5.41) is 42.3. The third-order valence-electron chi connectivity index (χ3n) is 7.31. The highest BCUT2D eigenvalue weighted by Crippen LogP contribution is 2.30. The summed E-state index contributed by atoms with van der Waals surface area (Å²) in [6, 6.07) is 4.39. The molecule has 0 spiro atoms. The van der Waals surface area contributed by atoms with Gasteiger partial charge in [0.1, 0.15) is 43.0 Å². The molecule has 1 aromatic rings. The summed E-state index contributed by atoms with van der Waals surface area (Å²) in [6.07, 6.45) is -4.29. The van der Waals surface area contributed by atoms with Gasteiger partial charge < -0.3 is 49.4 Å². The van der Waals surface area contributed by atoms with Crippen LogP contribution in [-0.4, -0.2) is 119 Å². The van der Waals surface area contributed by atoms with Crippen molar-refractivity contribution in [2.75, 3.05) is 32.9 Å². The minimum absolute atomic E-state index is 0.0453. The molecule has 0 bridgehead atoms. The van der Waals surface area contributed by atoms with Gasteiger partial charge in [-0.05, 0) is 45.7 Å². The topological polar surface area (TPSA) is 228 Å². The van der Waals surface area contributed by atoms with Crippen molar-refractivity contribution in [3.8, 4) is 11.5 Å². The number of carbonyl (C=O) groups is 5. The molecular weight excluding hydrogens is 636 g/mol. The van der Waals surface area contributed by atoms with Crippen LogP contribution >= 0.6 is 0 Å². The number of aliphatic hydroxyl groups is 3. The van der Waals surface area contributed by atoms with Gasteiger partial charge in [0, 0.05) is 43.3 Å². The molecule has 16 nitrogen and oxygen atoms in total. The van der Waals surface area contributed by atoms with E-state index >= 15 is 0 Å². The number of hydrogen-bond donors (Lipinski definition) is 5. The average Bonchev–Trinajstić information content (AvgIpc) is 3.35. The van der Waals surface area contributed by atoms with E-state index in [9.17, 15) is 44.4 Å². The quantitative estimate of drug-likeness (QED) is 0.0784. The van der Waals surface area contributed by atoms with Crippen LogP contribution in [0.1, 0.15) is 52.0 Å². The van der Waals surface area contributed by atoms with Crippen molar-refractivity contribution >= 4 is 29.7 Å². The van der Waals surface area contributed by atoms with Gasteiger partial charge in [-0.3, -0.25) is 24.1 Å². The Morgan fingerprint density at radius 2 is 1.65 bits per heavy atom. The van der Waals surface area contributed by atoms with Crippen LogP contribution in [0.2, 0.25) is 0 Å². The molecule has 2 aliphatic heterocycles. The van der Waals surface area contributed by atoms with Gasteiger partial charge in [0.05, 0.1) is 18.6 Å². The zero-order valence-corrected chi connectivity index (χ0v) is 27.2. The lowest BCUT2D eigenvalue weighted by atomic mass is 9.97. The summed E-state index contributed by atoms with van der Waals surface area (Å²) >= 11 is 0. The van der Waals surface area contributed by atoms with Crippen LogP contribution < -0.4 is 14.8 Å². The van der Waals surface area contributed by atoms with E-state index in [4.69, 9.17) is 23.7 Å². The van der Waals surface area contributed by atoms with Gasteiger partial charge in [-0.1, -0.05) is 6.42 Å². The molecule has 2 aliphatic rings. The number of unbranched alkanes of at least 4 members (excludes halogenated alkanes) is 2. The number of ether oxygens (including phenoxy) is 5. The van der Waals surface area contributed by atoms with Crippen LogP contribution in [0.3, 0.4) is 0 Å². The second kappa shape index (κ2) is 17.9. The van der Waals surface area contributed by atoms with Gasteiger partial charge in [0.2, 0.25) is 12.2 Å². The number of aliphatic hydroxyl groups excluding tert-OH is 3. The summed E-state index contributed by atoms with van der Waals surface area (Å²) < 4.78 is 27.6. The number of carbonyl (C=O) groups excluding carboxylic acids is 4. The summed E-state index contributed by atoms with van der Waals surface area (Å²) in [4.78, 5) is 60.1.